The molecule has 0 fully saturated rings. The Morgan fingerprint density at radius 2 is 1.97 bits per heavy atom. The van der Waals surface area contributed by atoms with Gasteiger partial charge in [0, 0.05) is 56.1 Å². The standard InChI is InChI=1S/C22H21Cl3FN5O/c1-30-17-7-11-31(10-3-8-26)12-16(17)28-21(30)22(32)29-15-5-2-4-13(18(15)23)14-6-9-27-20(25)19(14)24/h2,4-6,9H,3,7-8,10-12H2,1H3,(H,29,32). The van der Waals surface area contributed by atoms with Gasteiger partial charge < -0.3 is 9.88 Å². The van der Waals surface area contributed by atoms with E-state index in [2.05, 4.69) is 20.2 Å². The summed E-state index contributed by atoms with van der Waals surface area (Å²) < 4.78 is 14.3. The molecular weight excluding hydrogens is 476 g/mol. The van der Waals surface area contributed by atoms with Crippen molar-refractivity contribution in [1.82, 2.24) is 19.4 Å². The second kappa shape index (κ2) is 9.75. The second-order valence-corrected chi connectivity index (χ2v) is 8.65. The fourth-order valence-electron chi connectivity index (χ4n) is 3.90. The molecule has 0 bridgehead atoms. The molecule has 1 aromatic carbocycles. The van der Waals surface area contributed by atoms with E-state index in [4.69, 9.17) is 34.8 Å². The molecule has 0 saturated heterocycles. The fourth-order valence-corrected chi connectivity index (χ4v) is 4.55. The average Bonchev–Trinajstić information content (AvgIpc) is 3.12. The first-order valence-electron chi connectivity index (χ1n) is 10.1. The maximum atomic E-state index is 13.1. The zero-order valence-corrected chi connectivity index (χ0v) is 19.6. The molecule has 2 aromatic heterocycles. The first-order chi connectivity index (χ1) is 15.4. The molecule has 0 unspecified atom stereocenters. The molecule has 3 heterocycles. The number of hydrogen-bond donors (Lipinski definition) is 1. The first-order valence-corrected chi connectivity index (χ1v) is 11.3. The summed E-state index contributed by atoms with van der Waals surface area (Å²) in [4.78, 5) is 23.7. The number of nitrogens with zero attached hydrogens (tertiary/aromatic N) is 4. The summed E-state index contributed by atoms with van der Waals surface area (Å²) in [5.74, 6) is -0.0658. The number of hydrogen-bond acceptors (Lipinski definition) is 4. The fraction of sp³-hybridized carbons (Fsp3) is 0.318. The van der Waals surface area contributed by atoms with Crippen LogP contribution in [0.25, 0.3) is 11.1 Å². The largest absolute Gasteiger partial charge is 0.327 e. The van der Waals surface area contributed by atoms with E-state index in [1.165, 1.54) is 0 Å². The zero-order valence-electron chi connectivity index (χ0n) is 17.3. The highest BCUT2D eigenvalue weighted by atomic mass is 35.5. The van der Waals surface area contributed by atoms with Crippen molar-refractivity contribution in [3.05, 3.63) is 62.9 Å². The van der Waals surface area contributed by atoms with E-state index in [9.17, 15) is 9.18 Å². The van der Waals surface area contributed by atoms with Crippen LogP contribution >= 0.6 is 34.8 Å². The van der Waals surface area contributed by atoms with Gasteiger partial charge in [-0.2, -0.15) is 0 Å². The number of carbonyl (C=O) groups excluding carboxylic acids is 1. The molecule has 0 spiro atoms. The lowest BCUT2D eigenvalue weighted by molar-refractivity contribution is 0.101. The maximum absolute atomic E-state index is 13.1. The van der Waals surface area contributed by atoms with Crippen LogP contribution in [0.5, 0.6) is 0 Å². The van der Waals surface area contributed by atoms with Gasteiger partial charge in [-0.3, -0.25) is 14.1 Å². The van der Waals surface area contributed by atoms with Crippen LogP contribution in [0.4, 0.5) is 10.1 Å². The number of amides is 1. The third-order valence-corrected chi connectivity index (χ3v) is 6.70. The normalized spacial score (nSPS) is 13.8. The van der Waals surface area contributed by atoms with Crippen LogP contribution in [-0.4, -0.2) is 45.1 Å². The molecule has 3 aromatic rings. The Morgan fingerprint density at radius 1 is 1.19 bits per heavy atom. The van der Waals surface area contributed by atoms with E-state index < -0.39 is 0 Å². The molecule has 1 amide bonds. The third kappa shape index (κ3) is 4.48. The Bertz CT molecular complexity index is 1170. The Morgan fingerprint density at radius 3 is 2.75 bits per heavy atom. The molecular formula is C22H21Cl3FN5O. The highest BCUT2D eigenvalue weighted by Gasteiger charge is 2.25. The third-order valence-electron chi connectivity index (χ3n) is 5.53. The molecule has 1 aliphatic heterocycles. The number of rotatable bonds is 6. The second-order valence-electron chi connectivity index (χ2n) is 7.54. The van der Waals surface area contributed by atoms with Gasteiger partial charge in [-0.15, -0.1) is 0 Å². The minimum absolute atomic E-state index is 0.175. The molecule has 0 radical (unpaired) electrons. The SMILES string of the molecule is Cn1c(C(=O)Nc2cccc(-c3ccnc(Cl)c3Cl)c2Cl)nc2c1CCN(CCCF)C2. The van der Waals surface area contributed by atoms with Crippen molar-refractivity contribution in [3.63, 3.8) is 0 Å². The van der Waals surface area contributed by atoms with Gasteiger partial charge in [-0.05, 0) is 18.6 Å². The number of aromatic nitrogens is 3. The van der Waals surface area contributed by atoms with Gasteiger partial charge in [0.05, 0.1) is 28.1 Å². The van der Waals surface area contributed by atoms with Crippen molar-refractivity contribution in [3.8, 4) is 11.1 Å². The predicted molar refractivity (Wildman–Crippen MR) is 125 cm³/mol. The van der Waals surface area contributed by atoms with E-state index in [1.807, 2.05) is 11.6 Å². The summed E-state index contributed by atoms with van der Waals surface area (Å²) in [6, 6.07) is 6.99. The van der Waals surface area contributed by atoms with Crippen molar-refractivity contribution < 1.29 is 9.18 Å². The Balaban J connectivity index is 1.58. The van der Waals surface area contributed by atoms with Gasteiger partial charge in [0.15, 0.2) is 5.82 Å². The highest BCUT2D eigenvalue weighted by Crippen LogP contribution is 2.39. The summed E-state index contributed by atoms with van der Waals surface area (Å²) in [5, 5.41) is 3.65. The van der Waals surface area contributed by atoms with Crippen LogP contribution in [0, 0.1) is 0 Å². The Kier molecular flexibility index (Phi) is 7.00. The molecule has 6 nitrogen and oxygen atoms in total. The Labute approximate surface area is 200 Å². The molecule has 32 heavy (non-hydrogen) atoms. The van der Waals surface area contributed by atoms with Crippen molar-refractivity contribution in [1.29, 1.82) is 0 Å². The molecule has 1 N–H and O–H groups in total. The van der Waals surface area contributed by atoms with E-state index in [0.29, 0.717) is 47.2 Å². The van der Waals surface area contributed by atoms with Crippen molar-refractivity contribution in [2.45, 2.75) is 19.4 Å². The smallest absolute Gasteiger partial charge is 0.291 e. The molecule has 0 saturated carbocycles. The molecule has 0 aliphatic carbocycles. The number of carbonyl (C=O) groups is 1. The number of imidazole rings is 1. The van der Waals surface area contributed by atoms with Crippen molar-refractivity contribution in [2.75, 3.05) is 25.1 Å². The van der Waals surface area contributed by atoms with Gasteiger partial charge in [0.1, 0.15) is 5.15 Å². The monoisotopic (exact) mass is 495 g/mol. The number of pyridine rings is 1. The summed E-state index contributed by atoms with van der Waals surface area (Å²) in [6.45, 7) is 1.76. The van der Waals surface area contributed by atoms with E-state index >= 15 is 0 Å². The number of halogens is 4. The number of fused-ring (bicyclic) bond motifs is 1. The maximum Gasteiger partial charge on any atom is 0.291 e. The molecule has 1 aliphatic rings. The summed E-state index contributed by atoms with van der Waals surface area (Å²) >= 11 is 18.9. The van der Waals surface area contributed by atoms with Crippen LogP contribution in [0.1, 0.15) is 28.4 Å². The average molecular weight is 497 g/mol. The van der Waals surface area contributed by atoms with Gasteiger partial charge in [0.25, 0.3) is 5.91 Å². The van der Waals surface area contributed by atoms with Gasteiger partial charge in [-0.25, -0.2) is 9.97 Å². The van der Waals surface area contributed by atoms with Gasteiger partial charge >= 0.3 is 0 Å². The highest BCUT2D eigenvalue weighted by molar-refractivity contribution is 6.44. The lowest BCUT2D eigenvalue weighted by Crippen LogP contribution is -2.32. The molecule has 4 rings (SSSR count). The first kappa shape index (κ1) is 23.0. The quantitative estimate of drug-likeness (QED) is 0.463. The minimum atomic E-state index is -0.366. The lowest BCUT2D eigenvalue weighted by atomic mass is 10.1. The summed E-state index contributed by atoms with van der Waals surface area (Å²) in [5.41, 5.74) is 3.55. The van der Waals surface area contributed by atoms with Crippen molar-refractivity contribution in [2.24, 2.45) is 7.05 Å². The van der Waals surface area contributed by atoms with Gasteiger partial charge in [0.2, 0.25) is 0 Å². The number of alkyl halides is 1. The topological polar surface area (TPSA) is 63.1 Å². The van der Waals surface area contributed by atoms with Crippen LogP contribution in [0.3, 0.4) is 0 Å². The van der Waals surface area contributed by atoms with E-state index in [1.54, 1.807) is 30.5 Å². The molecule has 0 atom stereocenters. The lowest BCUT2D eigenvalue weighted by Gasteiger charge is -2.26. The molecule has 168 valence electrons. The predicted octanol–water partition coefficient (Wildman–Crippen LogP) is 5.41. The number of benzene rings is 1. The van der Waals surface area contributed by atoms with Crippen molar-refractivity contribution >= 4 is 46.4 Å². The molecule has 10 heteroatoms. The summed E-state index contributed by atoms with van der Waals surface area (Å²) in [7, 11) is 1.83. The van der Waals surface area contributed by atoms with Crippen LogP contribution in [-0.2, 0) is 20.0 Å². The zero-order chi connectivity index (χ0) is 22.8. The van der Waals surface area contributed by atoms with E-state index in [-0.39, 0.29) is 22.8 Å². The van der Waals surface area contributed by atoms with Crippen LogP contribution in [0.15, 0.2) is 30.5 Å². The van der Waals surface area contributed by atoms with Crippen LogP contribution < -0.4 is 5.32 Å². The van der Waals surface area contributed by atoms with Crippen LogP contribution in [0.2, 0.25) is 15.2 Å². The minimum Gasteiger partial charge on any atom is -0.327 e. The number of nitrogens with one attached hydrogen (secondary N) is 1. The van der Waals surface area contributed by atoms with E-state index in [0.717, 1.165) is 24.4 Å². The van der Waals surface area contributed by atoms with Gasteiger partial charge in [-0.1, -0.05) is 46.9 Å². The number of anilines is 1. The summed E-state index contributed by atoms with van der Waals surface area (Å²) in [6.07, 6.45) is 2.80. The Hall–Kier alpha value is -2.19.